The second kappa shape index (κ2) is 16.3. The molecule has 0 amide bonds. The van der Waals surface area contributed by atoms with E-state index in [9.17, 15) is 19.2 Å². The number of oxime groups is 1. The third-order valence-electron chi connectivity index (χ3n) is 10.8. The summed E-state index contributed by atoms with van der Waals surface area (Å²) in [6.07, 6.45) is 0. The van der Waals surface area contributed by atoms with Crippen molar-refractivity contribution in [2.24, 2.45) is 5.16 Å². The third kappa shape index (κ3) is 7.37. The summed E-state index contributed by atoms with van der Waals surface area (Å²) < 4.78 is 4.45. The fraction of sp³-hybridized carbons (Fsp3) is 0.180. The molecule has 0 fully saturated rings. The van der Waals surface area contributed by atoms with Crippen molar-refractivity contribution in [2.45, 2.75) is 61.6 Å². The Bertz CT molecular complexity index is 2980. The molecular formula is C50H45N3O5. The smallest absolute Gasteiger partial charge is 0.331 e. The molecule has 8 rings (SSSR count). The van der Waals surface area contributed by atoms with Gasteiger partial charge in [-0.1, -0.05) is 59.8 Å². The number of aryl methyl sites for hydroxylation is 4. The number of benzene rings is 6. The van der Waals surface area contributed by atoms with Crippen LogP contribution in [-0.4, -0.2) is 38.2 Å². The lowest BCUT2D eigenvalue weighted by Gasteiger charge is -2.06. The zero-order chi connectivity index (χ0) is 41.2. The Labute approximate surface area is 337 Å². The largest absolute Gasteiger partial charge is 0.341 e. The molecule has 0 N–H and O–H groups in total. The Morgan fingerprint density at radius 2 is 0.862 bits per heavy atom. The molecule has 0 radical (unpaired) electrons. The molecule has 0 spiro atoms. The van der Waals surface area contributed by atoms with E-state index in [1.807, 2.05) is 135 Å². The van der Waals surface area contributed by atoms with Gasteiger partial charge in [0.2, 0.25) is 0 Å². The van der Waals surface area contributed by atoms with Crippen molar-refractivity contribution < 1.29 is 24.0 Å². The minimum atomic E-state index is -0.456. The third-order valence-corrected chi connectivity index (χ3v) is 10.8. The van der Waals surface area contributed by atoms with E-state index in [1.54, 1.807) is 13.8 Å². The van der Waals surface area contributed by atoms with Gasteiger partial charge in [-0.15, -0.1) is 0 Å². The summed E-state index contributed by atoms with van der Waals surface area (Å²) in [7, 11) is 0. The zero-order valence-electron chi connectivity index (χ0n) is 33.8. The van der Waals surface area contributed by atoms with Gasteiger partial charge >= 0.3 is 5.97 Å². The van der Waals surface area contributed by atoms with E-state index in [0.717, 1.165) is 79.0 Å². The molecule has 0 atom stereocenters. The van der Waals surface area contributed by atoms with Crippen LogP contribution in [-0.2, 0) is 22.7 Å². The number of rotatable bonds is 9. The Morgan fingerprint density at radius 1 is 0.500 bits per heavy atom. The Hall–Kier alpha value is -6.93. The average Bonchev–Trinajstić information content (AvgIpc) is 3.73. The van der Waals surface area contributed by atoms with Gasteiger partial charge in [-0.05, 0) is 125 Å². The number of carbonyl (C=O) groups is 4. The van der Waals surface area contributed by atoms with Crippen LogP contribution in [0.25, 0.3) is 43.6 Å². The van der Waals surface area contributed by atoms with Crippen LogP contribution in [0.3, 0.4) is 0 Å². The highest BCUT2D eigenvalue weighted by atomic mass is 16.7. The summed E-state index contributed by atoms with van der Waals surface area (Å²) in [5, 5.41) is 7.98. The average molecular weight is 768 g/mol. The fourth-order valence-electron chi connectivity index (χ4n) is 7.77. The Morgan fingerprint density at radius 3 is 1.24 bits per heavy atom. The topological polar surface area (TPSA) is 99.7 Å². The molecule has 2 heterocycles. The molecule has 0 saturated carbocycles. The normalized spacial score (nSPS) is 11.5. The van der Waals surface area contributed by atoms with Gasteiger partial charge in [-0.2, -0.15) is 0 Å². The maximum Gasteiger partial charge on any atom is 0.331 e. The van der Waals surface area contributed by atoms with Gasteiger partial charge in [0.15, 0.2) is 17.3 Å². The molecular weight excluding hydrogens is 723 g/mol. The molecule has 6 aromatic carbocycles. The van der Waals surface area contributed by atoms with Gasteiger partial charge < -0.3 is 14.0 Å². The van der Waals surface area contributed by atoms with Gasteiger partial charge in [0, 0.05) is 91.4 Å². The Kier molecular flexibility index (Phi) is 11.0. The molecule has 0 bridgehead atoms. The Balaban J connectivity index is 0.000000178. The number of hydrogen-bond acceptors (Lipinski definition) is 6. The van der Waals surface area contributed by atoms with Gasteiger partial charge in [-0.3, -0.25) is 14.4 Å². The summed E-state index contributed by atoms with van der Waals surface area (Å²) >= 11 is 0. The standard InChI is InChI=1S/C26H24N2O3.C24H21NO2/c1-5-28-24-12-10-19(17(3)27-31-18(4)29)14-22(24)23-15-20(11-13-25(23)28)26(30)21-9-7-6-8-16(21)2;1-4-25-22-11-9-17(16(3)26)13-20(22)21-14-18(10-12-23(21)25)24(27)19-8-6-5-7-15(19)2/h6-15H,5H2,1-4H3;5-14H,4H2,1-3H3. The zero-order valence-corrected chi connectivity index (χ0v) is 33.8. The highest BCUT2D eigenvalue weighted by Gasteiger charge is 2.18. The predicted molar refractivity (Wildman–Crippen MR) is 233 cm³/mol. The van der Waals surface area contributed by atoms with E-state index < -0.39 is 5.97 Å². The number of Topliss-reactive ketones (excluding diaryl/α,β-unsaturated/α-hetero) is 1. The maximum atomic E-state index is 13.2. The van der Waals surface area contributed by atoms with Crippen LogP contribution in [0.15, 0.2) is 126 Å². The number of ketones is 3. The lowest BCUT2D eigenvalue weighted by Crippen LogP contribution is -2.03. The van der Waals surface area contributed by atoms with E-state index in [4.69, 9.17) is 4.84 Å². The second-order valence-corrected chi connectivity index (χ2v) is 14.5. The number of aromatic nitrogens is 2. The first kappa shape index (κ1) is 39.3. The van der Waals surface area contributed by atoms with E-state index in [-0.39, 0.29) is 17.3 Å². The van der Waals surface area contributed by atoms with Gasteiger partial charge in [0.25, 0.3) is 0 Å². The molecule has 2 aromatic heterocycles. The van der Waals surface area contributed by atoms with Gasteiger partial charge in [0.1, 0.15) is 0 Å². The summed E-state index contributed by atoms with van der Waals surface area (Å²) in [5.41, 5.74) is 11.2. The number of nitrogens with zero attached hydrogens (tertiary/aromatic N) is 3. The number of hydrogen-bond donors (Lipinski definition) is 0. The number of fused-ring (bicyclic) bond motifs is 6. The van der Waals surface area contributed by atoms with Crippen molar-refractivity contribution in [3.63, 3.8) is 0 Å². The molecule has 0 aliphatic heterocycles. The van der Waals surface area contributed by atoms with Gasteiger partial charge in [-0.25, -0.2) is 4.79 Å². The summed E-state index contributed by atoms with van der Waals surface area (Å²) in [6.45, 7) is 14.4. The van der Waals surface area contributed by atoms with E-state index in [0.29, 0.717) is 28.0 Å². The second-order valence-electron chi connectivity index (χ2n) is 14.5. The first-order valence-electron chi connectivity index (χ1n) is 19.5. The molecule has 0 aliphatic rings. The van der Waals surface area contributed by atoms with E-state index in [1.165, 1.54) is 6.92 Å². The summed E-state index contributed by atoms with van der Waals surface area (Å²) in [4.78, 5) is 53.9. The molecule has 0 aliphatic carbocycles. The summed E-state index contributed by atoms with van der Waals surface area (Å²) in [6, 6.07) is 38.9. The SMILES string of the molecule is CCn1c2ccc(C(=O)c3ccccc3C)cc2c2cc(C(C)=NOC(C)=O)ccc21.CCn1c2ccc(C(C)=O)cc2c2cc(C(=O)c3ccccc3C)ccc21. The van der Waals surface area contributed by atoms with Crippen LogP contribution < -0.4 is 0 Å². The molecule has 58 heavy (non-hydrogen) atoms. The van der Waals surface area contributed by atoms with Crippen LogP contribution in [0.4, 0.5) is 0 Å². The lowest BCUT2D eigenvalue weighted by atomic mass is 9.97. The molecule has 290 valence electrons. The highest BCUT2D eigenvalue weighted by Crippen LogP contribution is 2.33. The van der Waals surface area contributed by atoms with Crippen molar-refractivity contribution >= 4 is 72.6 Å². The monoisotopic (exact) mass is 767 g/mol. The molecule has 8 heteroatoms. The maximum absolute atomic E-state index is 13.2. The quantitative estimate of drug-likeness (QED) is 0.0630. The van der Waals surface area contributed by atoms with E-state index in [2.05, 4.69) is 28.1 Å². The van der Waals surface area contributed by atoms with Crippen LogP contribution in [0.1, 0.15) is 93.5 Å². The van der Waals surface area contributed by atoms with Crippen molar-refractivity contribution in [1.29, 1.82) is 0 Å². The summed E-state index contributed by atoms with van der Waals surface area (Å²) in [5.74, 6) is -0.375. The van der Waals surface area contributed by atoms with E-state index >= 15 is 0 Å². The molecule has 0 saturated heterocycles. The number of carbonyl (C=O) groups excluding carboxylic acids is 4. The molecule has 8 nitrogen and oxygen atoms in total. The van der Waals surface area contributed by atoms with Crippen molar-refractivity contribution in [3.05, 3.63) is 166 Å². The highest BCUT2D eigenvalue weighted by molar-refractivity contribution is 6.17. The first-order chi connectivity index (χ1) is 27.9. The van der Waals surface area contributed by atoms with Crippen LogP contribution >= 0.6 is 0 Å². The minimum Gasteiger partial charge on any atom is -0.341 e. The first-order valence-corrected chi connectivity index (χ1v) is 19.5. The van der Waals surface area contributed by atoms with Gasteiger partial charge in [0.05, 0.1) is 5.71 Å². The van der Waals surface area contributed by atoms with Crippen molar-refractivity contribution in [1.82, 2.24) is 9.13 Å². The molecule has 8 aromatic rings. The lowest BCUT2D eigenvalue weighted by molar-refractivity contribution is -0.140. The fourth-order valence-corrected chi connectivity index (χ4v) is 7.77. The van der Waals surface area contributed by atoms with Crippen molar-refractivity contribution in [3.8, 4) is 0 Å². The molecule has 0 unspecified atom stereocenters. The minimum absolute atomic E-state index is 0.0150. The predicted octanol–water partition coefficient (Wildman–Crippen LogP) is 11.2. The van der Waals surface area contributed by atoms with Crippen LogP contribution in [0.2, 0.25) is 0 Å². The van der Waals surface area contributed by atoms with Crippen LogP contribution in [0.5, 0.6) is 0 Å². The van der Waals surface area contributed by atoms with Crippen molar-refractivity contribution in [2.75, 3.05) is 0 Å². The van der Waals surface area contributed by atoms with Crippen LogP contribution in [0, 0.1) is 13.8 Å².